The SMILES string of the molecule is CCCNS(=O)(=O)N(CCN)Cc1ccccc1.Cl. The number of benzene rings is 1. The maximum atomic E-state index is 12.0. The van der Waals surface area contributed by atoms with Crippen molar-refractivity contribution in [3.8, 4) is 0 Å². The molecule has 0 saturated carbocycles. The van der Waals surface area contributed by atoms with Gasteiger partial charge in [0, 0.05) is 26.2 Å². The first-order valence-electron chi connectivity index (χ1n) is 6.09. The number of nitrogens with one attached hydrogen (secondary N) is 1. The molecule has 0 aliphatic rings. The van der Waals surface area contributed by atoms with Crippen molar-refractivity contribution in [1.82, 2.24) is 9.03 Å². The van der Waals surface area contributed by atoms with Crippen molar-refractivity contribution in [2.24, 2.45) is 5.73 Å². The van der Waals surface area contributed by atoms with Crippen molar-refractivity contribution in [3.63, 3.8) is 0 Å². The molecule has 0 radical (unpaired) electrons. The van der Waals surface area contributed by atoms with Crippen LogP contribution in [0, 0.1) is 0 Å². The van der Waals surface area contributed by atoms with Gasteiger partial charge in [-0.2, -0.15) is 12.7 Å². The van der Waals surface area contributed by atoms with E-state index in [4.69, 9.17) is 5.73 Å². The zero-order valence-electron chi connectivity index (χ0n) is 11.1. The maximum Gasteiger partial charge on any atom is 0.279 e. The summed E-state index contributed by atoms with van der Waals surface area (Å²) < 4.78 is 28.0. The van der Waals surface area contributed by atoms with Crippen LogP contribution in [0.4, 0.5) is 0 Å². The third-order valence-corrected chi connectivity index (χ3v) is 4.02. The second-order valence-electron chi connectivity index (χ2n) is 4.01. The minimum Gasteiger partial charge on any atom is -0.329 e. The summed E-state index contributed by atoms with van der Waals surface area (Å²) >= 11 is 0. The van der Waals surface area contributed by atoms with Gasteiger partial charge in [-0.15, -0.1) is 12.4 Å². The van der Waals surface area contributed by atoms with Crippen LogP contribution in [0.1, 0.15) is 18.9 Å². The molecule has 0 aromatic heterocycles. The average Bonchev–Trinajstić information content (AvgIpc) is 2.37. The molecule has 19 heavy (non-hydrogen) atoms. The lowest BCUT2D eigenvalue weighted by molar-refractivity contribution is 0.405. The van der Waals surface area contributed by atoms with Crippen LogP contribution >= 0.6 is 12.4 Å². The summed E-state index contributed by atoms with van der Waals surface area (Å²) in [7, 11) is -3.44. The Kier molecular flexibility index (Phi) is 8.95. The molecule has 0 aliphatic heterocycles. The molecule has 0 saturated heterocycles. The van der Waals surface area contributed by atoms with Crippen LogP contribution in [-0.4, -0.2) is 32.4 Å². The fourth-order valence-corrected chi connectivity index (χ4v) is 2.85. The van der Waals surface area contributed by atoms with Crippen LogP contribution in [0.2, 0.25) is 0 Å². The lowest BCUT2D eigenvalue weighted by atomic mass is 10.2. The molecule has 0 bridgehead atoms. The zero-order valence-corrected chi connectivity index (χ0v) is 12.7. The minimum atomic E-state index is -3.44. The van der Waals surface area contributed by atoms with Crippen molar-refractivity contribution in [2.45, 2.75) is 19.9 Å². The number of hydrogen-bond acceptors (Lipinski definition) is 3. The first-order valence-corrected chi connectivity index (χ1v) is 7.53. The van der Waals surface area contributed by atoms with Gasteiger partial charge >= 0.3 is 0 Å². The number of rotatable bonds is 8. The van der Waals surface area contributed by atoms with Crippen LogP contribution in [0.15, 0.2) is 30.3 Å². The number of hydrogen-bond donors (Lipinski definition) is 2. The van der Waals surface area contributed by atoms with Gasteiger partial charge in [0.2, 0.25) is 0 Å². The summed E-state index contributed by atoms with van der Waals surface area (Å²) in [6.07, 6.45) is 0.765. The van der Waals surface area contributed by atoms with Crippen molar-refractivity contribution in [2.75, 3.05) is 19.6 Å². The van der Waals surface area contributed by atoms with Crippen LogP contribution in [-0.2, 0) is 16.8 Å². The molecule has 1 aromatic rings. The number of nitrogens with zero attached hydrogens (tertiary/aromatic N) is 1. The zero-order chi connectivity index (χ0) is 13.4. The lowest BCUT2D eigenvalue weighted by Gasteiger charge is -2.21. The predicted octanol–water partition coefficient (Wildman–Crippen LogP) is 1.11. The molecule has 5 nitrogen and oxygen atoms in total. The maximum absolute atomic E-state index is 12.0. The summed E-state index contributed by atoms with van der Waals surface area (Å²) in [6, 6.07) is 9.49. The number of nitrogens with two attached hydrogens (primary N) is 1. The van der Waals surface area contributed by atoms with Gasteiger partial charge < -0.3 is 5.73 Å². The first-order chi connectivity index (χ1) is 8.60. The molecule has 0 fully saturated rings. The summed E-state index contributed by atoms with van der Waals surface area (Å²) in [4.78, 5) is 0. The summed E-state index contributed by atoms with van der Waals surface area (Å²) in [5.41, 5.74) is 6.43. The van der Waals surface area contributed by atoms with Crippen molar-refractivity contribution < 1.29 is 8.42 Å². The number of halogens is 1. The van der Waals surface area contributed by atoms with Gasteiger partial charge in [0.1, 0.15) is 0 Å². The molecule has 7 heteroatoms. The molecule has 0 amide bonds. The lowest BCUT2D eigenvalue weighted by Crippen LogP contribution is -2.42. The highest BCUT2D eigenvalue weighted by Gasteiger charge is 2.20. The van der Waals surface area contributed by atoms with E-state index >= 15 is 0 Å². The van der Waals surface area contributed by atoms with Gasteiger partial charge in [-0.25, -0.2) is 4.72 Å². The second-order valence-corrected chi connectivity index (χ2v) is 5.76. The van der Waals surface area contributed by atoms with Gasteiger partial charge in [-0.3, -0.25) is 0 Å². The Morgan fingerprint density at radius 1 is 1.26 bits per heavy atom. The highest BCUT2D eigenvalue weighted by atomic mass is 35.5. The molecular formula is C12H22ClN3O2S. The van der Waals surface area contributed by atoms with E-state index in [1.807, 2.05) is 37.3 Å². The molecule has 0 aliphatic carbocycles. The third kappa shape index (κ3) is 6.35. The fraction of sp³-hybridized carbons (Fsp3) is 0.500. The Balaban J connectivity index is 0.00000324. The molecular weight excluding hydrogens is 286 g/mol. The van der Waals surface area contributed by atoms with Gasteiger partial charge in [0.05, 0.1) is 0 Å². The van der Waals surface area contributed by atoms with E-state index in [1.54, 1.807) is 0 Å². The van der Waals surface area contributed by atoms with Crippen LogP contribution in [0.5, 0.6) is 0 Å². The summed E-state index contributed by atoms with van der Waals surface area (Å²) in [5, 5.41) is 0. The Hall–Kier alpha value is -0.660. The van der Waals surface area contributed by atoms with E-state index in [-0.39, 0.29) is 12.4 Å². The Bertz CT molecular complexity index is 440. The van der Waals surface area contributed by atoms with E-state index in [2.05, 4.69) is 4.72 Å². The predicted molar refractivity (Wildman–Crippen MR) is 80.4 cm³/mol. The van der Waals surface area contributed by atoms with Gasteiger partial charge in [-0.1, -0.05) is 37.3 Å². The van der Waals surface area contributed by atoms with Crippen LogP contribution in [0.25, 0.3) is 0 Å². The molecule has 0 spiro atoms. The third-order valence-electron chi connectivity index (χ3n) is 2.45. The topological polar surface area (TPSA) is 75.4 Å². The molecule has 0 heterocycles. The van der Waals surface area contributed by atoms with E-state index in [0.717, 1.165) is 12.0 Å². The van der Waals surface area contributed by atoms with Gasteiger partial charge in [-0.05, 0) is 12.0 Å². The van der Waals surface area contributed by atoms with Crippen molar-refractivity contribution in [3.05, 3.63) is 35.9 Å². The summed E-state index contributed by atoms with van der Waals surface area (Å²) in [5.74, 6) is 0. The van der Waals surface area contributed by atoms with E-state index in [1.165, 1.54) is 4.31 Å². The van der Waals surface area contributed by atoms with Crippen molar-refractivity contribution >= 4 is 22.6 Å². The molecule has 3 N–H and O–H groups in total. The quantitative estimate of drug-likeness (QED) is 0.755. The highest BCUT2D eigenvalue weighted by Crippen LogP contribution is 2.07. The average molecular weight is 308 g/mol. The van der Waals surface area contributed by atoms with E-state index < -0.39 is 10.2 Å². The molecule has 110 valence electrons. The Morgan fingerprint density at radius 2 is 1.89 bits per heavy atom. The molecule has 1 aromatic carbocycles. The standard InChI is InChI=1S/C12H21N3O2S.ClH/c1-2-9-14-18(16,17)15(10-8-13)11-12-6-4-3-5-7-12;/h3-7,14H,2,8-11,13H2,1H3;1H. The summed E-state index contributed by atoms with van der Waals surface area (Å²) in [6.45, 7) is 3.33. The molecule has 1 rings (SSSR count). The second kappa shape index (κ2) is 9.28. The van der Waals surface area contributed by atoms with Gasteiger partial charge in [0.15, 0.2) is 0 Å². The molecule has 0 unspecified atom stereocenters. The largest absolute Gasteiger partial charge is 0.329 e. The van der Waals surface area contributed by atoms with E-state index in [9.17, 15) is 8.42 Å². The van der Waals surface area contributed by atoms with Crippen LogP contribution in [0.3, 0.4) is 0 Å². The Morgan fingerprint density at radius 3 is 2.42 bits per heavy atom. The highest BCUT2D eigenvalue weighted by molar-refractivity contribution is 7.87. The van der Waals surface area contributed by atoms with Crippen LogP contribution < -0.4 is 10.5 Å². The van der Waals surface area contributed by atoms with E-state index in [0.29, 0.717) is 26.2 Å². The molecule has 0 atom stereocenters. The van der Waals surface area contributed by atoms with Gasteiger partial charge in [0.25, 0.3) is 10.2 Å². The first kappa shape index (κ1) is 18.3. The monoisotopic (exact) mass is 307 g/mol. The van der Waals surface area contributed by atoms with Crippen molar-refractivity contribution in [1.29, 1.82) is 0 Å². The normalized spacial score (nSPS) is 11.3. The Labute approximate surface area is 121 Å². The minimum absolute atomic E-state index is 0. The fourth-order valence-electron chi connectivity index (χ4n) is 1.54. The smallest absolute Gasteiger partial charge is 0.279 e.